The summed E-state index contributed by atoms with van der Waals surface area (Å²) in [5.74, 6) is -1.94. The summed E-state index contributed by atoms with van der Waals surface area (Å²) in [7, 11) is 2.41. The van der Waals surface area contributed by atoms with E-state index in [-0.39, 0.29) is 15.7 Å². The van der Waals surface area contributed by atoms with Gasteiger partial charge in [0.2, 0.25) is 0 Å². The lowest BCUT2D eigenvalue weighted by atomic mass is 10.1. The smallest absolute Gasteiger partial charge is 0.355 e. The monoisotopic (exact) mass is 395 g/mol. The van der Waals surface area contributed by atoms with Crippen molar-refractivity contribution >= 4 is 33.6 Å². The summed E-state index contributed by atoms with van der Waals surface area (Å²) in [5, 5.41) is 0. The van der Waals surface area contributed by atoms with E-state index < -0.39 is 17.8 Å². The molecule has 1 heterocycles. The summed E-state index contributed by atoms with van der Waals surface area (Å²) in [4.78, 5) is 25.8. The molecule has 1 aromatic rings. The van der Waals surface area contributed by atoms with Gasteiger partial charge in [-0.3, -0.25) is 0 Å². The van der Waals surface area contributed by atoms with E-state index in [4.69, 9.17) is 9.47 Å². The Balaban J connectivity index is 2.75. The number of aryl methyl sites for hydroxylation is 1. The third kappa shape index (κ3) is 3.41. The van der Waals surface area contributed by atoms with E-state index >= 15 is 0 Å². The molecule has 24 heavy (non-hydrogen) atoms. The summed E-state index contributed by atoms with van der Waals surface area (Å²) in [6.07, 6.45) is 6.17. The molecule has 1 aliphatic heterocycles. The van der Waals surface area contributed by atoms with Gasteiger partial charge in [-0.15, -0.1) is 0 Å². The van der Waals surface area contributed by atoms with E-state index in [0.29, 0.717) is 11.3 Å². The van der Waals surface area contributed by atoms with Crippen molar-refractivity contribution in [2.45, 2.75) is 6.92 Å². The quantitative estimate of drug-likeness (QED) is 0.734. The van der Waals surface area contributed by atoms with Crippen LogP contribution in [0.3, 0.4) is 0 Å². The van der Waals surface area contributed by atoms with Crippen LogP contribution in [0.2, 0.25) is 0 Å². The van der Waals surface area contributed by atoms with Gasteiger partial charge in [0, 0.05) is 6.20 Å². The van der Waals surface area contributed by atoms with Crippen LogP contribution in [-0.4, -0.2) is 26.2 Å². The van der Waals surface area contributed by atoms with Crippen molar-refractivity contribution in [1.82, 2.24) is 0 Å². The van der Waals surface area contributed by atoms with Gasteiger partial charge in [-0.2, -0.15) is 0 Å². The van der Waals surface area contributed by atoms with Crippen molar-refractivity contribution in [2.24, 2.45) is 0 Å². The average molecular weight is 396 g/mol. The summed E-state index contributed by atoms with van der Waals surface area (Å²) >= 11 is 3.19. The van der Waals surface area contributed by atoms with Crippen molar-refractivity contribution in [3.8, 4) is 0 Å². The number of carbonyl (C=O) groups is 2. The van der Waals surface area contributed by atoms with Gasteiger partial charge in [-0.25, -0.2) is 14.0 Å². The zero-order valence-corrected chi connectivity index (χ0v) is 14.9. The number of halogens is 2. The lowest BCUT2D eigenvalue weighted by Gasteiger charge is -2.24. The van der Waals surface area contributed by atoms with E-state index in [2.05, 4.69) is 15.9 Å². The Bertz CT molecular complexity index is 783. The Labute approximate surface area is 147 Å². The third-order valence-corrected chi connectivity index (χ3v) is 4.09. The number of benzene rings is 1. The maximum atomic E-state index is 14.1. The van der Waals surface area contributed by atoms with Gasteiger partial charge in [0.1, 0.15) is 11.5 Å². The number of allylic oxidation sites excluding steroid dienone is 2. The zero-order chi connectivity index (χ0) is 17.9. The minimum Gasteiger partial charge on any atom is -0.465 e. The largest absolute Gasteiger partial charge is 0.465 e. The number of ether oxygens (including phenoxy) is 2. The molecule has 0 aromatic heterocycles. The molecule has 0 atom stereocenters. The number of hydrogen-bond donors (Lipinski definition) is 0. The number of hydrogen-bond acceptors (Lipinski definition) is 5. The van der Waals surface area contributed by atoms with E-state index in [1.807, 2.05) is 0 Å². The van der Waals surface area contributed by atoms with Crippen molar-refractivity contribution in [3.63, 3.8) is 0 Å². The topological polar surface area (TPSA) is 55.8 Å². The Kier molecular flexibility index (Phi) is 5.56. The van der Waals surface area contributed by atoms with E-state index in [1.54, 1.807) is 25.1 Å². The standard InChI is InChI=1S/C17H15BrFNO4/c1-10-8-12(19)14(18)13(9-10)20-7-5-4-6-11(16(21)23-2)15(20)17(22)24-3/h4-9H,1-3H3. The first-order valence-corrected chi connectivity index (χ1v) is 7.70. The van der Waals surface area contributed by atoms with Crippen LogP contribution in [0.4, 0.5) is 10.1 Å². The van der Waals surface area contributed by atoms with Gasteiger partial charge < -0.3 is 14.4 Å². The maximum Gasteiger partial charge on any atom is 0.355 e. The Morgan fingerprint density at radius 3 is 2.42 bits per heavy atom. The van der Waals surface area contributed by atoms with Crippen LogP contribution in [-0.2, 0) is 19.1 Å². The number of anilines is 1. The Hall–Kier alpha value is -2.41. The summed E-state index contributed by atoms with van der Waals surface area (Å²) in [6.45, 7) is 1.72. The normalized spacial score (nSPS) is 13.8. The van der Waals surface area contributed by atoms with Crippen molar-refractivity contribution in [3.05, 3.63) is 63.7 Å². The van der Waals surface area contributed by atoms with Crippen LogP contribution in [0.15, 0.2) is 52.3 Å². The molecule has 0 fully saturated rings. The van der Waals surface area contributed by atoms with Crippen LogP contribution in [0.1, 0.15) is 5.56 Å². The van der Waals surface area contributed by atoms with E-state index in [9.17, 15) is 14.0 Å². The Morgan fingerprint density at radius 1 is 1.12 bits per heavy atom. The van der Waals surface area contributed by atoms with Crippen LogP contribution < -0.4 is 4.90 Å². The van der Waals surface area contributed by atoms with Crippen LogP contribution in [0, 0.1) is 12.7 Å². The van der Waals surface area contributed by atoms with Crippen molar-refractivity contribution in [2.75, 3.05) is 19.1 Å². The highest BCUT2D eigenvalue weighted by Crippen LogP contribution is 2.35. The van der Waals surface area contributed by atoms with Crippen molar-refractivity contribution in [1.29, 1.82) is 0 Å². The maximum absolute atomic E-state index is 14.1. The molecule has 0 saturated heterocycles. The van der Waals surface area contributed by atoms with Gasteiger partial charge in [-0.1, -0.05) is 6.08 Å². The number of carbonyl (C=O) groups excluding carboxylic acids is 2. The molecule has 0 aliphatic carbocycles. The molecule has 0 radical (unpaired) electrons. The van der Waals surface area contributed by atoms with Crippen molar-refractivity contribution < 1.29 is 23.5 Å². The van der Waals surface area contributed by atoms with Gasteiger partial charge in [0.05, 0.1) is 30.0 Å². The van der Waals surface area contributed by atoms with Crippen LogP contribution in [0.5, 0.6) is 0 Å². The highest BCUT2D eigenvalue weighted by Gasteiger charge is 2.29. The molecule has 0 saturated carbocycles. The summed E-state index contributed by atoms with van der Waals surface area (Å²) in [6, 6.07) is 3.04. The second kappa shape index (κ2) is 7.44. The lowest BCUT2D eigenvalue weighted by Crippen LogP contribution is -2.27. The number of esters is 2. The predicted molar refractivity (Wildman–Crippen MR) is 90.7 cm³/mol. The second-order valence-electron chi connectivity index (χ2n) is 4.90. The average Bonchev–Trinajstić information content (AvgIpc) is 2.79. The van der Waals surface area contributed by atoms with Gasteiger partial charge >= 0.3 is 11.9 Å². The molecule has 2 rings (SSSR count). The molecular formula is C17H15BrFNO4. The van der Waals surface area contributed by atoms with Crippen LogP contribution >= 0.6 is 15.9 Å². The highest BCUT2D eigenvalue weighted by molar-refractivity contribution is 9.10. The summed E-state index contributed by atoms with van der Waals surface area (Å²) in [5.41, 5.74) is 0.942. The first-order chi connectivity index (χ1) is 11.4. The molecule has 7 heteroatoms. The molecule has 0 bridgehead atoms. The number of rotatable bonds is 3. The van der Waals surface area contributed by atoms with E-state index in [0.717, 1.165) is 0 Å². The highest BCUT2D eigenvalue weighted by atomic mass is 79.9. The molecular weight excluding hydrogens is 381 g/mol. The minimum absolute atomic E-state index is 0.00293. The molecule has 0 amide bonds. The number of nitrogens with zero attached hydrogens (tertiary/aromatic N) is 1. The molecule has 0 spiro atoms. The molecule has 1 aliphatic rings. The van der Waals surface area contributed by atoms with Crippen LogP contribution in [0.25, 0.3) is 0 Å². The molecule has 5 nitrogen and oxygen atoms in total. The first kappa shape index (κ1) is 17.9. The third-order valence-electron chi connectivity index (χ3n) is 3.30. The fraction of sp³-hybridized carbons (Fsp3) is 0.176. The minimum atomic E-state index is -0.750. The van der Waals surface area contributed by atoms with Gasteiger partial charge in [0.15, 0.2) is 0 Å². The lowest BCUT2D eigenvalue weighted by molar-refractivity contribution is -0.139. The first-order valence-electron chi connectivity index (χ1n) is 6.91. The molecule has 1 aromatic carbocycles. The fourth-order valence-electron chi connectivity index (χ4n) is 2.23. The molecule has 0 N–H and O–H groups in total. The predicted octanol–water partition coefficient (Wildman–Crippen LogP) is 3.39. The second-order valence-corrected chi connectivity index (χ2v) is 5.69. The Morgan fingerprint density at radius 2 is 1.79 bits per heavy atom. The molecule has 126 valence electrons. The molecule has 0 unspecified atom stereocenters. The fourth-order valence-corrected chi connectivity index (χ4v) is 2.65. The zero-order valence-electron chi connectivity index (χ0n) is 13.3. The SMILES string of the molecule is COC(=O)C1=C(C(=O)OC)N(c2cc(C)cc(F)c2Br)C=CC=C1. The van der Waals surface area contributed by atoms with Gasteiger partial charge in [0.25, 0.3) is 0 Å². The van der Waals surface area contributed by atoms with E-state index in [1.165, 1.54) is 37.5 Å². The number of methoxy groups -OCH3 is 2. The van der Waals surface area contributed by atoms with Gasteiger partial charge in [-0.05, 0) is 52.7 Å². The summed E-state index contributed by atoms with van der Waals surface area (Å²) < 4.78 is 23.8.